The van der Waals surface area contributed by atoms with E-state index in [1.165, 1.54) is 17.7 Å². The summed E-state index contributed by atoms with van der Waals surface area (Å²) in [7, 11) is 0. The summed E-state index contributed by atoms with van der Waals surface area (Å²) < 4.78 is 0. The Hall–Kier alpha value is -2.01. The minimum Gasteiger partial charge on any atom is -0.371 e. The van der Waals surface area contributed by atoms with Crippen molar-refractivity contribution in [1.82, 2.24) is 4.98 Å². The van der Waals surface area contributed by atoms with E-state index in [1.54, 1.807) is 18.0 Å². The van der Waals surface area contributed by atoms with Crippen LogP contribution in [0, 0.1) is 0 Å². The molecule has 1 fully saturated rings. The van der Waals surface area contributed by atoms with Gasteiger partial charge in [0.25, 0.3) is 5.91 Å². The summed E-state index contributed by atoms with van der Waals surface area (Å²) in [6.45, 7) is 2.11. The maximum atomic E-state index is 12.3. The van der Waals surface area contributed by atoms with E-state index in [4.69, 9.17) is 0 Å². The number of hydrogen-bond acceptors (Lipinski definition) is 4. The van der Waals surface area contributed by atoms with Gasteiger partial charge >= 0.3 is 0 Å². The van der Waals surface area contributed by atoms with Crippen LogP contribution in [-0.4, -0.2) is 30.2 Å². The quantitative estimate of drug-likeness (QED) is 0.875. The van der Waals surface area contributed by atoms with Gasteiger partial charge < -0.3 is 10.2 Å². The number of benzene rings is 1. The maximum Gasteiger partial charge on any atom is 0.274 e. The highest BCUT2D eigenvalue weighted by atomic mass is 32.2. The molecule has 1 aliphatic heterocycles. The molecule has 22 heavy (non-hydrogen) atoms. The van der Waals surface area contributed by atoms with E-state index in [2.05, 4.69) is 15.2 Å². The lowest BCUT2D eigenvalue weighted by atomic mass is 10.2. The van der Waals surface area contributed by atoms with Crippen LogP contribution < -0.4 is 10.2 Å². The monoisotopic (exact) mass is 313 g/mol. The Labute approximate surface area is 134 Å². The van der Waals surface area contributed by atoms with Crippen LogP contribution in [0.5, 0.6) is 0 Å². The van der Waals surface area contributed by atoms with Crippen molar-refractivity contribution < 1.29 is 4.79 Å². The molecule has 0 saturated carbocycles. The van der Waals surface area contributed by atoms with Gasteiger partial charge in [-0.2, -0.15) is 0 Å². The van der Waals surface area contributed by atoms with Gasteiger partial charge in [-0.15, -0.1) is 11.8 Å². The summed E-state index contributed by atoms with van der Waals surface area (Å²) in [5, 5.41) is 2.90. The van der Waals surface area contributed by atoms with Gasteiger partial charge in [-0.1, -0.05) is 0 Å². The van der Waals surface area contributed by atoms with Crippen LogP contribution in [-0.2, 0) is 0 Å². The number of carbonyl (C=O) groups is 1. The molecule has 1 aromatic carbocycles. The fourth-order valence-electron chi connectivity index (χ4n) is 2.59. The molecule has 0 radical (unpaired) electrons. The van der Waals surface area contributed by atoms with E-state index in [0.717, 1.165) is 24.5 Å². The number of rotatable bonds is 4. The molecule has 0 bridgehead atoms. The topological polar surface area (TPSA) is 45.2 Å². The molecule has 1 aromatic heterocycles. The third kappa shape index (κ3) is 3.42. The first kappa shape index (κ1) is 14.9. The predicted octanol–water partition coefficient (Wildman–Crippen LogP) is 3.66. The van der Waals surface area contributed by atoms with Crippen LogP contribution in [0.15, 0.2) is 47.5 Å². The highest BCUT2D eigenvalue weighted by Gasteiger charge is 2.15. The highest BCUT2D eigenvalue weighted by molar-refractivity contribution is 7.98. The van der Waals surface area contributed by atoms with Gasteiger partial charge in [0.05, 0.1) is 0 Å². The number of hydrogen-bond donors (Lipinski definition) is 1. The van der Waals surface area contributed by atoms with Crippen molar-refractivity contribution in [3.63, 3.8) is 0 Å². The van der Waals surface area contributed by atoms with Crippen LogP contribution in [0.3, 0.4) is 0 Å². The van der Waals surface area contributed by atoms with Crippen molar-refractivity contribution in [3.8, 4) is 0 Å². The number of anilines is 2. The summed E-state index contributed by atoms with van der Waals surface area (Å²) in [5.41, 5.74) is 2.32. The number of nitrogens with zero attached hydrogens (tertiary/aromatic N) is 2. The van der Waals surface area contributed by atoms with E-state index >= 15 is 0 Å². The molecule has 1 amide bonds. The summed E-state index contributed by atoms with van der Waals surface area (Å²) in [4.78, 5) is 20.0. The molecule has 1 aliphatic rings. The Morgan fingerprint density at radius 3 is 2.59 bits per heavy atom. The smallest absolute Gasteiger partial charge is 0.274 e. The molecular weight excluding hydrogens is 294 g/mol. The average Bonchev–Trinajstić information content (AvgIpc) is 3.10. The van der Waals surface area contributed by atoms with Crippen molar-refractivity contribution >= 4 is 29.0 Å². The Balaban J connectivity index is 1.72. The zero-order valence-electron chi connectivity index (χ0n) is 12.6. The fraction of sp³-hybridized carbons (Fsp3) is 0.294. The van der Waals surface area contributed by atoms with Crippen molar-refractivity contribution in [1.29, 1.82) is 0 Å². The minimum absolute atomic E-state index is 0.169. The first-order valence-electron chi connectivity index (χ1n) is 7.43. The molecule has 3 rings (SSSR count). The van der Waals surface area contributed by atoms with Crippen LogP contribution in [0.2, 0.25) is 0 Å². The summed E-state index contributed by atoms with van der Waals surface area (Å²) in [6.07, 6.45) is 6.16. The first-order chi connectivity index (χ1) is 10.8. The lowest BCUT2D eigenvalue weighted by Crippen LogP contribution is -2.19. The summed E-state index contributed by atoms with van der Waals surface area (Å²) >= 11 is 1.68. The van der Waals surface area contributed by atoms with E-state index in [0.29, 0.717) is 5.69 Å². The van der Waals surface area contributed by atoms with Gasteiger partial charge in [0, 0.05) is 35.6 Å². The number of pyridine rings is 1. The largest absolute Gasteiger partial charge is 0.371 e. The van der Waals surface area contributed by atoms with Crippen LogP contribution in [0.4, 0.5) is 11.4 Å². The van der Waals surface area contributed by atoms with Crippen molar-refractivity contribution in [2.24, 2.45) is 0 Å². The third-order valence-electron chi connectivity index (χ3n) is 3.80. The number of carbonyl (C=O) groups excluding carboxylic acids is 1. The minimum atomic E-state index is -0.169. The highest BCUT2D eigenvalue weighted by Crippen LogP contribution is 2.21. The molecule has 2 heterocycles. The standard InChI is InChI=1S/C17H19N3OS/c1-22-15-6-4-13(5-7-15)19-17(21)16-12-14(8-9-18-16)20-10-2-3-11-20/h4-9,12H,2-3,10-11H2,1H3,(H,19,21). The van der Waals surface area contributed by atoms with Crippen molar-refractivity contribution in [2.75, 3.05) is 29.6 Å². The average molecular weight is 313 g/mol. The summed E-state index contributed by atoms with van der Waals surface area (Å²) in [5.74, 6) is -0.169. The maximum absolute atomic E-state index is 12.3. The summed E-state index contributed by atoms with van der Waals surface area (Å²) in [6, 6.07) is 11.6. The van der Waals surface area contributed by atoms with Gasteiger partial charge in [0.15, 0.2) is 0 Å². The Kier molecular flexibility index (Phi) is 4.63. The predicted molar refractivity (Wildman–Crippen MR) is 91.9 cm³/mol. The van der Waals surface area contributed by atoms with Gasteiger partial charge in [-0.25, -0.2) is 0 Å². The zero-order chi connectivity index (χ0) is 15.4. The molecule has 4 nitrogen and oxygen atoms in total. The Morgan fingerprint density at radius 1 is 1.18 bits per heavy atom. The lowest BCUT2D eigenvalue weighted by Gasteiger charge is -2.17. The molecule has 0 aliphatic carbocycles. The van der Waals surface area contributed by atoms with Crippen molar-refractivity contribution in [2.45, 2.75) is 17.7 Å². The molecule has 114 valence electrons. The number of amides is 1. The first-order valence-corrected chi connectivity index (χ1v) is 8.65. The van der Waals surface area contributed by atoms with Crippen LogP contribution >= 0.6 is 11.8 Å². The SMILES string of the molecule is CSc1ccc(NC(=O)c2cc(N3CCCC3)ccn2)cc1. The second kappa shape index (κ2) is 6.83. The second-order valence-corrected chi connectivity index (χ2v) is 6.16. The molecule has 0 spiro atoms. The molecule has 0 unspecified atom stereocenters. The van der Waals surface area contributed by atoms with Gasteiger partial charge in [-0.05, 0) is 55.5 Å². The molecule has 5 heteroatoms. The van der Waals surface area contributed by atoms with Crippen LogP contribution in [0.1, 0.15) is 23.3 Å². The van der Waals surface area contributed by atoms with E-state index in [9.17, 15) is 4.79 Å². The molecule has 1 saturated heterocycles. The third-order valence-corrected chi connectivity index (χ3v) is 4.54. The van der Waals surface area contributed by atoms with Gasteiger partial charge in [0.1, 0.15) is 5.69 Å². The van der Waals surface area contributed by atoms with E-state index in [1.807, 2.05) is 42.7 Å². The van der Waals surface area contributed by atoms with Crippen LogP contribution in [0.25, 0.3) is 0 Å². The fourth-order valence-corrected chi connectivity index (χ4v) is 2.99. The zero-order valence-corrected chi connectivity index (χ0v) is 13.4. The van der Waals surface area contributed by atoms with Gasteiger partial charge in [0.2, 0.25) is 0 Å². The van der Waals surface area contributed by atoms with E-state index in [-0.39, 0.29) is 5.91 Å². The number of aromatic nitrogens is 1. The molecule has 2 aromatic rings. The number of nitrogens with one attached hydrogen (secondary N) is 1. The Bertz CT molecular complexity index is 651. The van der Waals surface area contributed by atoms with E-state index < -0.39 is 0 Å². The molecule has 1 N–H and O–H groups in total. The Morgan fingerprint density at radius 2 is 1.91 bits per heavy atom. The van der Waals surface area contributed by atoms with Gasteiger partial charge in [-0.3, -0.25) is 9.78 Å². The normalized spacial score (nSPS) is 14.1. The van der Waals surface area contributed by atoms with Crippen molar-refractivity contribution in [3.05, 3.63) is 48.3 Å². The number of thioether (sulfide) groups is 1. The molecule has 0 atom stereocenters. The molecular formula is C17H19N3OS. The second-order valence-electron chi connectivity index (χ2n) is 5.28. The lowest BCUT2D eigenvalue weighted by molar-refractivity contribution is 0.102.